The van der Waals surface area contributed by atoms with E-state index >= 15 is 0 Å². The van der Waals surface area contributed by atoms with Crippen LogP contribution < -0.4 is 5.32 Å². The fraction of sp³-hybridized carbons (Fsp3) is 0.462. The highest BCUT2D eigenvalue weighted by Gasteiger charge is 2.26. The van der Waals surface area contributed by atoms with Crippen LogP contribution in [-0.2, 0) is 6.54 Å². The van der Waals surface area contributed by atoms with Crippen LogP contribution in [-0.4, -0.2) is 14.7 Å². The predicted molar refractivity (Wildman–Crippen MR) is 85.3 cm³/mol. The second-order valence-electron chi connectivity index (χ2n) is 4.77. The average molecular weight is 329 g/mol. The fourth-order valence-corrected chi connectivity index (χ4v) is 3.21. The number of aryl methyl sites for hydroxylation is 2. The lowest BCUT2D eigenvalue weighted by molar-refractivity contribution is -0.384. The molecule has 0 radical (unpaired) electrons. The molecule has 0 aliphatic rings. The number of hydrogen-bond donors (Lipinski definition) is 1. The number of thiophene rings is 1. The lowest BCUT2D eigenvalue weighted by Gasteiger charge is -2.14. The first-order valence-electron chi connectivity index (χ1n) is 6.67. The molecule has 21 heavy (non-hydrogen) atoms. The summed E-state index contributed by atoms with van der Waals surface area (Å²) in [6.45, 7) is 6.25. The van der Waals surface area contributed by atoms with E-state index < -0.39 is 0 Å². The van der Waals surface area contributed by atoms with Gasteiger partial charge in [0.2, 0.25) is 5.82 Å². The minimum absolute atomic E-state index is 0.0398. The highest BCUT2D eigenvalue weighted by molar-refractivity contribution is 7.16. The summed E-state index contributed by atoms with van der Waals surface area (Å²) in [5, 5.41) is 18.7. The summed E-state index contributed by atoms with van der Waals surface area (Å²) in [5.74, 6) is 0.455. The molecule has 0 aliphatic heterocycles. The summed E-state index contributed by atoms with van der Waals surface area (Å²) < 4.78 is 2.37. The molecule has 2 aromatic heterocycles. The number of rotatable bonds is 6. The Labute approximate surface area is 131 Å². The van der Waals surface area contributed by atoms with Gasteiger partial charge in [-0.1, -0.05) is 18.5 Å². The quantitative estimate of drug-likeness (QED) is 0.630. The van der Waals surface area contributed by atoms with Crippen molar-refractivity contribution in [3.05, 3.63) is 37.2 Å². The van der Waals surface area contributed by atoms with E-state index in [2.05, 4.69) is 10.4 Å². The zero-order chi connectivity index (χ0) is 15.6. The van der Waals surface area contributed by atoms with Crippen molar-refractivity contribution in [2.45, 2.75) is 39.8 Å². The van der Waals surface area contributed by atoms with E-state index in [9.17, 15) is 10.1 Å². The molecule has 0 bridgehead atoms. The molecule has 0 amide bonds. The number of hydrogen-bond acceptors (Lipinski definition) is 5. The van der Waals surface area contributed by atoms with Crippen LogP contribution in [0, 0.1) is 17.0 Å². The van der Waals surface area contributed by atoms with E-state index in [-0.39, 0.29) is 16.7 Å². The molecule has 0 saturated carbocycles. The van der Waals surface area contributed by atoms with Crippen LogP contribution in [0.2, 0.25) is 4.34 Å². The number of halogens is 1. The van der Waals surface area contributed by atoms with Gasteiger partial charge < -0.3 is 5.32 Å². The Hall–Kier alpha value is -1.60. The van der Waals surface area contributed by atoms with Crippen LogP contribution in [0.15, 0.2) is 12.1 Å². The van der Waals surface area contributed by atoms with Gasteiger partial charge in [-0.15, -0.1) is 11.3 Å². The first kappa shape index (κ1) is 15.8. The highest BCUT2D eigenvalue weighted by Crippen LogP contribution is 2.34. The largest absolute Gasteiger partial charge is 0.357 e. The minimum Gasteiger partial charge on any atom is -0.357 e. The van der Waals surface area contributed by atoms with Crippen molar-refractivity contribution < 1.29 is 4.92 Å². The molecule has 114 valence electrons. The van der Waals surface area contributed by atoms with Crippen LogP contribution in [0.5, 0.6) is 0 Å². The van der Waals surface area contributed by atoms with Gasteiger partial charge in [0, 0.05) is 11.4 Å². The van der Waals surface area contributed by atoms with Crippen LogP contribution in [0.3, 0.4) is 0 Å². The molecule has 0 aliphatic carbocycles. The van der Waals surface area contributed by atoms with Crippen LogP contribution in [0.4, 0.5) is 11.5 Å². The SMILES string of the molecule is CCCn1nc(C)c([N+](=O)[O-])c1NC(C)c1ccc(Cl)s1. The van der Waals surface area contributed by atoms with Crippen molar-refractivity contribution in [2.75, 3.05) is 5.32 Å². The number of nitrogens with zero attached hydrogens (tertiary/aromatic N) is 3. The second kappa shape index (κ2) is 6.44. The van der Waals surface area contributed by atoms with Crippen molar-refractivity contribution >= 4 is 34.4 Å². The summed E-state index contributed by atoms with van der Waals surface area (Å²) in [6, 6.07) is 3.67. The van der Waals surface area contributed by atoms with Crippen LogP contribution in [0.1, 0.15) is 36.9 Å². The smallest absolute Gasteiger partial charge is 0.333 e. The summed E-state index contributed by atoms with van der Waals surface area (Å²) in [4.78, 5) is 11.9. The molecule has 8 heteroatoms. The third kappa shape index (κ3) is 3.36. The molecular formula is C13H17ClN4O2S. The minimum atomic E-state index is -0.384. The molecule has 0 aromatic carbocycles. The van der Waals surface area contributed by atoms with Crippen LogP contribution >= 0.6 is 22.9 Å². The standard InChI is InChI=1S/C13H17ClN4O2S/c1-4-7-17-13(12(18(19)20)9(3)16-17)15-8(2)10-5-6-11(14)21-10/h5-6,8,15H,4,7H2,1-3H3. The zero-order valence-electron chi connectivity index (χ0n) is 12.1. The lowest BCUT2D eigenvalue weighted by atomic mass is 10.2. The molecule has 1 unspecified atom stereocenters. The van der Waals surface area contributed by atoms with E-state index in [0.717, 1.165) is 11.3 Å². The molecule has 1 N–H and O–H groups in total. The van der Waals surface area contributed by atoms with Gasteiger partial charge in [0.15, 0.2) is 0 Å². The molecule has 1 atom stereocenters. The number of aromatic nitrogens is 2. The summed E-state index contributed by atoms with van der Waals surface area (Å²) >= 11 is 7.40. The Morgan fingerprint density at radius 1 is 1.57 bits per heavy atom. The van der Waals surface area contributed by atoms with Crippen molar-refractivity contribution in [3.8, 4) is 0 Å². The van der Waals surface area contributed by atoms with E-state index in [1.54, 1.807) is 11.6 Å². The molecule has 2 rings (SSSR count). The van der Waals surface area contributed by atoms with E-state index in [1.165, 1.54) is 11.3 Å². The Morgan fingerprint density at radius 2 is 2.29 bits per heavy atom. The molecule has 2 heterocycles. The predicted octanol–water partition coefficient (Wildman–Crippen LogP) is 4.40. The van der Waals surface area contributed by atoms with E-state index in [4.69, 9.17) is 11.6 Å². The Kier molecular flexibility index (Phi) is 4.84. The Bertz CT molecular complexity index is 653. The lowest BCUT2D eigenvalue weighted by Crippen LogP contribution is -2.12. The molecule has 0 spiro atoms. The van der Waals surface area contributed by atoms with Gasteiger partial charge in [0.05, 0.1) is 15.3 Å². The normalized spacial score (nSPS) is 12.4. The van der Waals surface area contributed by atoms with Gasteiger partial charge >= 0.3 is 5.69 Å². The van der Waals surface area contributed by atoms with Crippen molar-refractivity contribution in [3.63, 3.8) is 0 Å². The Morgan fingerprint density at radius 3 is 2.81 bits per heavy atom. The van der Waals surface area contributed by atoms with E-state index in [0.29, 0.717) is 22.4 Å². The van der Waals surface area contributed by atoms with Gasteiger partial charge in [-0.05, 0) is 32.4 Å². The summed E-state index contributed by atoms with van der Waals surface area (Å²) in [5.41, 5.74) is 0.463. The van der Waals surface area contributed by atoms with Gasteiger partial charge in [-0.2, -0.15) is 5.10 Å². The molecule has 0 fully saturated rings. The highest BCUT2D eigenvalue weighted by atomic mass is 35.5. The van der Waals surface area contributed by atoms with Crippen molar-refractivity contribution in [1.82, 2.24) is 9.78 Å². The third-order valence-electron chi connectivity index (χ3n) is 3.09. The maximum atomic E-state index is 11.3. The number of anilines is 1. The Balaban J connectivity index is 2.35. The molecule has 0 saturated heterocycles. The maximum Gasteiger partial charge on any atom is 0.333 e. The number of nitro groups is 1. The third-order valence-corrected chi connectivity index (χ3v) is 4.50. The van der Waals surface area contributed by atoms with Gasteiger partial charge in [0.1, 0.15) is 5.69 Å². The first-order chi connectivity index (χ1) is 9.93. The zero-order valence-corrected chi connectivity index (χ0v) is 13.7. The second-order valence-corrected chi connectivity index (χ2v) is 6.52. The summed E-state index contributed by atoms with van der Waals surface area (Å²) in [7, 11) is 0. The average Bonchev–Trinajstić information content (AvgIpc) is 2.95. The molecular weight excluding hydrogens is 312 g/mol. The molecule has 2 aromatic rings. The molecule has 6 nitrogen and oxygen atoms in total. The van der Waals surface area contributed by atoms with Gasteiger partial charge in [0.25, 0.3) is 0 Å². The fourth-order valence-electron chi connectivity index (χ4n) is 2.14. The monoisotopic (exact) mass is 328 g/mol. The van der Waals surface area contributed by atoms with Crippen molar-refractivity contribution in [2.24, 2.45) is 0 Å². The topological polar surface area (TPSA) is 73.0 Å². The number of nitrogens with one attached hydrogen (secondary N) is 1. The maximum absolute atomic E-state index is 11.3. The van der Waals surface area contributed by atoms with Crippen LogP contribution in [0.25, 0.3) is 0 Å². The summed E-state index contributed by atoms with van der Waals surface area (Å²) in [6.07, 6.45) is 0.853. The van der Waals surface area contributed by atoms with Crippen molar-refractivity contribution in [1.29, 1.82) is 0 Å². The van der Waals surface area contributed by atoms with E-state index in [1.807, 2.05) is 26.0 Å². The first-order valence-corrected chi connectivity index (χ1v) is 7.87. The van der Waals surface area contributed by atoms with Gasteiger partial charge in [-0.25, -0.2) is 4.68 Å². The van der Waals surface area contributed by atoms with Gasteiger partial charge in [-0.3, -0.25) is 10.1 Å².